The molecule has 1 saturated heterocycles. The zero-order valence-electron chi connectivity index (χ0n) is 17.5. The minimum atomic E-state index is -3.65. The molecule has 0 radical (unpaired) electrons. The highest BCUT2D eigenvalue weighted by Gasteiger charge is 2.33. The van der Waals surface area contributed by atoms with Gasteiger partial charge in [0.05, 0.1) is 4.90 Å². The summed E-state index contributed by atoms with van der Waals surface area (Å²) in [5.41, 5.74) is -0.417. The van der Waals surface area contributed by atoms with Gasteiger partial charge in [-0.05, 0) is 49.5 Å². The van der Waals surface area contributed by atoms with E-state index in [-0.39, 0.29) is 17.5 Å². The van der Waals surface area contributed by atoms with Gasteiger partial charge in [-0.2, -0.15) is 4.31 Å². The highest BCUT2D eigenvalue weighted by atomic mass is 32.2. The lowest BCUT2D eigenvalue weighted by Gasteiger charge is -2.36. The third-order valence-electron chi connectivity index (χ3n) is 6.20. The van der Waals surface area contributed by atoms with E-state index in [0.29, 0.717) is 30.8 Å². The highest BCUT2D eigenvalue weighted by Crippen LogP contribution is 2.35. The quantitative estimate of drug-likeness (QED) is 0.656. The van der Waals surface area contributed by atoms with Crippen LogP contribution in [-0.2, 0) is 26.1 Å². The summed E-state index contributed by atoms with van der Waals surface area (Å²) in [6.07, 6.45) is 5.77. The van der Waals surface area contributed by atoms with Crippen LogP contribution in [0.15, 0.2) is 28.0 Å². The molecule has 0 N–H and O–H groups in total. The molecule has 1 aromatic heterocycles. The summed E-state index contributed by atoms with van der Waals surface area (Å²) in [7, 11) is -3.65. The van der Waals surface area contributed by atoms with E-state index in [1.54, 1.807) is 0 Å². The average Bonchev–Trinajstić information content (AvgIpc) is 3.18. The van der Waals surface area contributed by atoms with Crippen LogP contribution in [0.5, 0.6) is 0 Å². The van der Waals surface area contributed by atoms with Crippen LogP contribution in [-0.4, -0.2) is 42.5 Å². The van der Waals surface area contributed by atoms with Gasteiger partial charge in [0.2, 0.25) is 10.0 Å². The van der Waals surface area contributed by atoms with Crippen molar-refractivity contribution in [3.8, 4) is 0 Å². The highest BCUT2D eigenvalue weighted by molar-refractivity contribution is 7.89. The number of rotatable bonds is 6. The summed E-state index contributed by atoms with van der Waals surface area (Å²) in [5, 5.41) is 0. The zero-order chi connectivity index (χ0) is 21.2. The molecule has 2 fully saturated rings. The molecular formula is C21H32N2O5S. The third-order valence-corrected chi connectivity index (χ3v) is 8.08. The largest absolute Gasteiger partial charge is 0.461 e. The van der Waals surface area contributed by atoms with Crippen molar-refractivity contribution in [3.05, 3.63) is 28.7 Å². The van der Waals surface area contributed by atoms with Crippen LogP contribution in [0.25, 0.3) is 0 Å². The van der Waals surface area contributed by atoms with E-state index < -0.39 is 21.6 Å². The molecule has 3 rings (SSSR count). The first-order chi connectivity index (χ1) is 13.7. The molecule has 1 aliphatic carbocycles. The van der Waals surface area contributed by atoms with Crippen molar-refractivity contribution in [1.29, 1.82) is 0 Å². The number of pyridine rings is 1. The topological polar surface area (TPSA) is 85.7 Å². The Morgan fingerprint density at radius 3 is 2.55 bits per heavy atom. The number of esters is 1. The molecule has 0 bridgehead atoms. The molecule has 0 unspecified atom stereocenters. The second kappa shape index (κ2) is 9.00. The minimum absolute atomic E-state index is 0.0399. The lowest BCUT2D eigenvalue weighted by Crippen LogP contribution is -2.37. The molecule has 162 valence electrons. The van der Waals surface area contributed by atoms with Crippen molar-refractivity contribution in [3.63, 3.8) is 0 Å². The average molecular weight is 425 g/mol. The van der Waals surface area contributed by atoms with Gasteiger partial charge in [0, 0.05) is 25.4 Å². The van der Waals surface area contributed by atoms with Gasteiger partial charge >= 0.3 is 5.97 Å². The van der Waals surface area contributed by atoms with Crippen molar-refractivity contribution in [2.45, 2.75) is 70.4 Å². The molecule has 1 aliphatic heterocycles. The predicted octanol–water partition coefficient (Wildman–Crippen LogP) is 2.64. The molecule has 2 heterocycles. The number of carbonyl (C=O) groups excluding carboxylic acids is 1. The molecule has 0 aromatic carbocycles. The van der Waals surface area contributed by atoms with Crippen LogP contribution in [0.3, 0.4) is 0 Å². The summed E-state index contributed by atoms with van der Waals surface area (Å²) >= 11 is 0. The van der Waals surface area contributed by atoms with Crippen molar-refractivity contribution >= 4 is 16.0 Å². The molecule has 2 aliphatic rings. The Labute approximate surface area is 173 Å². The SMILES string of the molecule is CC(C)[C@@H]1CC[C@@H](C)C[C@@H]1OC(=O)Cn1cc(S(=O)(=O)N2CCCC2)ccc1=O. The fraction of sp³-hybridized carbons (Fsp3) is 0.714. The Bertz CT molecular complexity index is 887. The molecule has 0 amide bonds. The van der Waals surface area contributed by atoms with Gasteiger partial charge in [-0.25, -0.2) is 8.42 Å². The van der Waals surface area contributed by atoms with Crippen LogP contribution in [0.1, 0.15) is 52.9 Å². The van der Waals surface area contributed by atoms with E-state index >= 15 is 0 Å². The van der Waals surface area contributed by atoms with Crippen LogP contribution >= 0.6 is 0 Å². The molecule has 8 heteroatoms. The van der Waals surface area contributed by atoms with E-state index in [9.17, 15) is 18.0 Å². The summed E-state index contributed by atoms with van der Waals surface area (Å²) in [6, 6.07) is 2.52. The molecule has 3 atom stereocenters. The number of sulfonamides is 1. The van der Waals surface area contributed by atoms with Gasteiger partial charge in [0.1, 0.15) is 12.6 Å². The lowest BCUT2D eigenvalue weighted by atomic mass is 9.75. The molecule has 29 heavy (non-hydrogen) atoms. The summed E-state index contributed by atoms with van der Waals surface area (Å²) in [4.78, 5) is 24.8. The summed E-state index contributed by atoms with van der Waals surface area (Å²) in [5.74, 6) is 0.734. The second-order valence-corrected chi connectivity index (χ2v) is 10.7. The first kappa shape index (κ1) is 22.0. The van der Waals surface area contributed by atoms with Crippen LogP contribution in [0.2, 0.25) is 0 Å². The Morgan fingerprint density at radius 2 is 1.90 bits per heavy atom. The van der Waals surface area contributed by atoms with Gasteiger partial charge in [0.15, 0.2) is 0 Å². The number of ether oxygens (including phenoxy) is 1. The van der Waals surface area contributed by atoms with Crippen molar-refractivity contribution in [2.75, 3.05) is 13.1 Å². The lowest BCUT2D eigenvalue weighted by molar-refractivity contribution is -0.156. The van der Waals surface area contributed by atoms with E-state index in [4.69, 9.17) is 4.74 Å². The van der Waals surface area contributed by atoms with Crippen molar-refractivity contribution < 1.29 is 17.9 Å². The Morgan fingerprint density at radius 1 is 1.21 bits per heavy atom. The van der Waals surface area contributed by atoms with Gasteiger partial charge in [-0.3, -0.25) is 9.59 Å². The third kappa shape index (κ3) is 5.09. The minimum Gasteiger partial charge on any atom is -0.461 e. The fourth-order valence-corrected chi connectivity index (χ4v) is 6.00. The Hall–Kier alpha value is -1.67. The van der Waals surface area contributed by atoms with Gasteiger partial charge in [-0.1, -0.05) is 27.2 Å². The molecule has 1 aromatic rings. The number of hydrogen-bond acceptors (Lipinski definition) is 5. The maximum absolute atomic E-state index is 12.7. The zero-order valence-corrected chi connectivity index (χ0v) is 18.4. The standard InChI is InChI=1S/C21H32N2O5S/c1-15(2)18-8-6-16(3)12-19(18)28-21(25)14-22-13-17(7-9-20(22)24)29(26,27)23-10-4-5-11-23/h7,9,13,15-16,18-19H,4-6,8,10-12,14H2,1-3H3/t16-,18+,19+/m1/s1. The monoisotopic (exact) mass is 424 g/mol. The Balaban J connectivity index is 1.74. The van der Waals surface area contributed by atoms with E-state index in [1.165, 1.54) is 22.6 Å². The van der Waals surface area contributed by atoms with Crippen LogP contribution < -0.4 is 5.56 Å². The summed E-state index contributed by atoms with van der Waals surface area (Å²) in [6.45, 7) is 7.13. The molecule has 7 nitrogen and oxygen atoms in total. The number of nitrogens with zero attached hydrogens (tertiary/aromatic N) is 2. The Kier molecular flexibility index (Phi) is 6.83. The van der Waals surface area contributed by atoms with Gasteiger partial charge in [-0.15, -0.1) is 0 Å². The second-order valence-electron chi connectivity index (χ2n) is 8.80. The molecular weight excluding hydrogens is 392 g/mol. The van der Waals surface area contributed by atoms with Crippen LogP contribution in [0.4, 0.5) is 0 Å². The van der Waals surface area contributed by atoms with Crippen LogP contribution in [0, 0.1) is 17.8 Å². The molecule has 1 saturated carbocycles. The maximum atomic E-state index is 12.7. The first-order valence-electron chi connectivity index (χ1n) is 10.6. The van der Waals surface area contributed by atoms with Gasteiger partial charge in [0.25, 0.3) is 5.56 Å². The first-order valence-corrected chi connectivity index (χ1v) is 12.0. The van der Waals surface area contributed by atoms with Crippen molar-refractivity contribution in [1.82, 2.24) is 8.87 Å². The number of carbonyl (C=O) groups is 1. The van der Waals surface area contributed by atoms with E-state index in [0.717, 1.165) is 36.7 Å². The molecule has 0 spiro atoms. The number of hydrogen-bond donors (Lipinski definition) is 0. The normalized spacial score (nSPS) is 26.0. The van der Waals surface area contributed by atoms with E-state index in [1.807, 2.05) is 0 Å². The van der Waals surface area contributed by atoms with Crippen molar-refractivity contribution in [2.24, 2.45) is 17.8 Å². The predicted molar refractivity (Wildman–Crippen MR) is 110 cm³/mol. The maximum Gasteiger partial charge on any atom is 0.326 e. The summed E-state index contributed by atoms with van der Waals surface area (Å²) < 4.78 is 33.8. The van der Waals surface area contributed by atoms with Gasteiger partial charge < -0.3 is 9.30 Å². The fourth-order valence-electron chi connectivity index (χ4n) is 4.46. The smallest absolute Gasteiger partial charge is 0.326 e. The van der Waals surface area contributed by atoms with E-state index in [2.05, 4.69) is 20.8 Å². The number of aromatic nitrogens is 1.